The van der Waals surface area contributed by atoms with Crippen LogP contribution in [0.15, 0.2) is 30.5 Å². The Hall–Kier alpha value is -2.70. The number of carbonyl (C=O) groups excluding carboxylic acids is 3. The number of ether oxygens (including phenoxy) is 1. The summed E-state index contributed by atoms with van der Waals surface area (Å²) in [5.41, 5.74) is 0.481. The Labute approximate surface area is 133 Å². The Kier molecular flexibility index (Phi) is 4.10. The third-order valence-electron chi connectivity index (χ3n) is 4.13. The van der Waals surface area contributed by atoms with Gasteiger partial charge >= 0.3 is 0 Å². The fraction of sp³-hybridized carbons (Fsp3) is 0.375. The van der Waals surface area contributed by atoms with Crippen molar-refractivity contribution in [1.29, 1.82) is 0 Å². The van der Waals surface area contributed by atoms with Crippen LogP contribution in [0.3, 0.4) is 0 Å². The van der Waals surface area contributed by atoms with E-state index in [0.29, 0.717) is 24.4 Å². The molecule has 1 fully saturated rings. The van der Waals surface area contributed by atoms with Gasteiger partial charge in [-0.15, -0.1) is 0 Å². The van der Waals surface area contributed by atoms with Crippen LogP contribution in [0.2, 0.25) is 0 Å². The van der Waals surface area contributed by atoms with Crippen LogP contribution in [0.4, 0.5) is 5.69 Å². The molecule has 1 aromatic rings. The van der Waals surface area contributed by atoms with Crippen LogP contribution in [0.1, 0.15) is 12.8 Å². The smallest absolute Gasteiger partial charge is 0.244 e. The second kappa shape index (κ2) is 6.20. The van der Waals surface area contributed by atoms with Crippen LogP contribution in [0.25, 0.3) is 0 Å². The normalized spacial score (nSPS) is 22.9. The number of likely N-dealkylation sites (tertiary alicyclic amines) is 1. The van der Waals surface area contributed by atoms with Gasteiger partial charge in [0.1, 0.15) is 6.54 Å². The third-order valence-corrected chi connectivity index (χ3v) is 4.13. The van der Waals surface area contributed by atoms with Crippen molar-refractivity contribution in [3.8, 4) is 5.88 Å². The van der Waals surface area contributed by atoms with E-state index in [2.05, 4.69) is 10.3 Å². The van der Waals surface area contributed by atoms with E-state index in [1.54, 1.807) is 12.1 Å². The molecule has 1 N–H and O–H groups in total. The van der Waals surface area contributed by atoms with Gasteiger partial charge in [0, 0.05) is 6.07 Å². The maximum Gasteiger partial charge on any atom is 0.244 e. The molecule has 2 atom stereocenters. The van der Waals surface area contributed by atoms with Crippen molar-refractivity contribution in [3.63, 3.8) is 0 Å². The summed E-state index contributed by atoms with van der Waals surface area (Å²) in [5, 5.41) is 2.62. The quantitative estimate of drug-likeness (QED) is 0.661. The summed E-state index contributed by atoms with van der Waals surface area (Å²) < 4.78 is 4.94. The molecule has 0 saturated carbocycles. The second-order valence-corrected chi connectivity index (χ2v) is 5.56. The Balaban J connectivity index is 1.63. The molecule has 1 aliphatic heterocycles. The summed E-state index contributed by atoms with van der Waals surface area (Å²) in [6.07, 6.45) is 6.41. The highest BCUT2D eigenvalue weighted by atomic mass is 16.5. The predicted molar refractivity (Wildman–Crippen MR) is 81.5 cm³/mol. The van der Waals surface area contributed by atoms with Crippen LogP contribution >= 0.6 is 0 Å². The predicted octanol–water partition coefficient (Wildman–Crippen LogP) is 0.980. The van der Waals surface area contributed by atoms with Crippen molar-refractivity contribution in [1.82, 2.24) is 9.88 Å². The van der Waals surface area contributed by atoms with Crippen molar-refractivity contribution < 1.29 is 19.1 Å². The zero-order chi connectivity index (χ0) is 16.4. The number of hydrogen-bond donors (Lipinski definition) is 1. The number of nitrogens with zero attached hydrogens (tertiary/aromatic N) is 2. The zero-order valence-corrected chi connectivity index (χ0v) is 12.7. The van der Waals surface area contributed by atoms with Gasteiger partial charge in [0.2, 0.25) is 23.6 Å². The van der Waals surface area contributed by atoms with Gasteiger partial charge in [-0.25, -0.2) is 4.98 Å². The molecular weight excluding hydrogens is 298 g/mol. The Morgan fingerprint density at radius 1 is 1.26 bits per heavy atom. The molecule has 2 aliphatic rings. The highest BCUT2D eigenvalue weighted by molar-refractivity contribution is 6.08. The number of anilines is 1. The first-order valence-electron chi connectivity index (χ1n) is 7.40. The van der Waals surface area contributed by atoms with E-state index in [1.165, 1.54) is 13.3 Å². The number of nitrogens with one attached hydrogen (secondary N) is 1. The number of carbonyl (C=O) groups is 3. The average molecular weight is 315 g/mol. The summed E-state index contributed by atoms with van der Waals surface area (Å²) in [4.78, 5) is 41.7. The number of hydrogen-bond acceptors (Lipinski definition) is 5. The SMILES string of the molecule is COc1ccc(NC(=O)CN2C(=O)[C@H]3CC=CC[C@@H]3C2=O)cn1. The van der Waals surface area contributed by atoms with Gasteiger partial charge in [0.15, 0.2) is 0 Å². The van der Waals surface area contributed by atoms with Gasteiger partial charge in [0.25, 0.3) is 0 Å². The molecule has 7 heteroatoms. The highest BCUT2D eigenvalue weighted by Gasteiger charge is 2.47. The number of allylic oxidation sites excluding steroid dienone is 2. The van der Waals surface area contributed by atoms with Crippen LogP contribution in [0.5, 0.6) is 5.88 Å². The lowest BCUT2D eigenvalue weighted by atomic mass is 9.85. The lowest BCUT2D eigenvalue weighted by molar-refractivity contribution is -0.142. The van der Waals surface area contributed by atoms with E-state index < -0.39 is 5.91 Å². The number of aromatic nitrogens is 1. The molecule has 120 valence electrons. The molecule has 1 aromatic heterocycles. The number of pyridine rings is 1. The van der Waals surface area contributed by atoms with Gasteiger partial charge in [-0.1, -0.05) is 12.2 Å². The summed E-state index contributed by atoms with van der Waals surface area (Å²) in [7, 11) is 1.50. The van der Waals surface area contributed by atoms with Crippen LogP contribution < -0.4 is 10.1 Å². The molecule has 3 rings (SSSR count). The first-order valence-corrected chi connectivity index (χ1v) is 7.40. The van der Waals surface area contributed by atoms with E-state index in [1.807, 2.05) is 12.2 Å². The molecule has 3 amide bonds. The number of rotatable bonds is 4. The number of imide groups is 1. The molecule has 2 heterocycles. The maximum atomic E-state index is 12.3. The maximum absolute atomic E-state index is 12.3. The first-order chi connectivity index (χ1) is 11.1. The minimum absolute atomic E-state index is 0.257. The average Bonchev–Trinajstić information content (AvgIpc) is 2.81. The molecule has 1 saturated heterocycles. The van der Waals surface area contributed by atoms with E-state index in [4.69, 9.17) is 4.74 Å². The zero-order valence-electron chi connectivity index (χ0n) is 12.7. The summed E-state index contributed by atoms with van der Waals surface area (Å²) >= 11 is 0. The minimum atomic E-state index is -0.426. The Bertz CT molecular complexity index is 642. The number of methoxy groups -OCH3 is 1. The number of fused-ring (bicyclic) bond motifs is 1. The second-order valence-electron chi connectivity index (χ2n) is 5.56. The van der Waals surface area contributed by atoms with Crippen molar-refractivity contribution in [2.45, 2.75) is 12.8 Å². The van der Waals surface area contributed by atoms with Gasteiger partial charge in [-0.2, -0.15) is 0 Å². The Morgan fingerprint density at radius 3 is 2.43 bits per heavy atom. The van der Waals surface area contributed by atoms with Gasteiger partial charge in [-0.3, -0.25) is 19.3 Å². The molecule has 0 bridgehead atoms. The van der Waals surface area contributed by atoms with Crippen molar-refractivity contribution >= 4 is 23.4 Å². The molecule has 23 heavy (non-hydrogen) atoms. The Morgan fingerprint density at radius 2 is 1.91 bits per heavy atom. The van der Waals surface area contributed by atoms with E-state index >= 15 is 0 Å². The molecular formula is C16H17N3O4. The van der Waals surface area contributed by atoms with Crippen LogP contribution in [-0.2, 0) is 14.4 Å². The topological polar surface area (TPSA) is 88.6 Å². The van der Waals surface area contributed by atoms with E-state index in [-0.39, 0.29) is 30.2 Å². The molecule has 7 nitrogen and oxygen atoms in total. The number of amides is 3. The molecule has 0 aromatic carbocycles. The summed E-state index contributed by atoms with van der Waals surface area (Å²) in [6.45, 7) is -0.267. The van der Waals surface area contributed by atoms with Crippen molar-refractivity contribution in [2.24, 2.45) is 11.8 Å². The monoisotopic (exact) mass is 315 g/mol. The largest absolute Gasteiger partial charge is 0.481 e. The lowest BCUT2D eigenvalue weighted by Crippen LogP contribution is -2.38. The van der Waals surface area contributed by atoms with Crippen molar-refractivity contribution in [2.75, 3.05) is 19.0 Å². The van der Waals surface area contributed by atoms with Gasteiger partial charge in [-0.05, 0) is 18.9 Å². The molecule has 0 unspecified atom stereocenters. The minimum Gasteiger partial charge on any atom is -0.481 e. The van der Waals surface area contributed by atoms with Crippen molar-refractivity contribution in [3.05, 3.63) is 30.5 Å². The van der Waals surface area contributed by atoms with Gasteiger partial charge in [0.05, 0.1) is 30.8 Å². The van der Waals surface area contributed by atoms with Gasteiger partial charge < -0.3 is 10.1 Å². The fourth-order valence-corrected chi connectivity index (χ4v) is 2.94. The van der Waals surface area contributed by atoms with E-state index in [9.17, 15) is 14.4 Å². The van der Waals surface area contributed by atoms with Crippen LogP contribution in [-0.4, -0.2) is 41.3 Å². The van der Waals surface area contributed by atoms with E-state index in [0.717, 1.165) is 4.90 Å². The lowest BCUT2D eigenvalue weighted by Gasteiger charge is -2.14. The standard InChI is InChI=1S/C16H17N3O4/c1-23-14-7-6-10(8-17-14)18-13(20)9-19-15(21)11-4-2-3-5-12(11)16(19)22/h2-3,6-8,11-12H,4-5,9H2,1H3,(H,18,20)/t11-,12-/m0/s1. The first kappa shape index (κ1) is 15.2. The fourth-order valence-electron chi connectivity index (χ4n) is 2.94. The molecule has 0 radical (unpaired) electrons. The highest BCUT2D eigenvalue weighted by Crippen LogP contribution is 2.34. The molecule has 0 spiro atoms. The van der Waals surface area contributed by atoms with Crippen LogP contribution in [0, 0.1) is 11.8 Å². The third kappa shape index (κ3) is 2.94. The summed E-state index contributed by atoms with van der Waals surface area (Å²) in [5.74, 6) is -1.14. The summed E-state index contributed by atoms with van der Waals surface area (Å²) in [6, 6.07) is 3.25. The molecule has 1 aliphatic carbocycles.